The number of unbranched alkanes of at least 4 members (excludes halogenated alkanes) is 1. The largest absolute Gasteiger partial charge is 0.317 e. The van der Waals surface area contributed by atoms with Crippen LogP contribution in [-0.2, 0) is 0 Å². The second kappa shape index (κ2) is 4.66. The van der Waals surface area contributed by atoms with Crippen molar-refractivity contribution < 1.29 is 0 Å². The first-order valence-corrected chi connectivity index (χ1v) is 5.05. The molecule has 12 heavy (non-hydrogen) atoms. The first-order valence-electron chi connectivity index (χ1n) is 5.05. The topological polar surface area (TPSA) is 12.0 Å². The van der Waals surface area contributed by atoms with Crippen LogP contribution in [0.25, 0.3) is 0 Å². The van der Waals surface area contributed by atoms with E-state index in [1.807, 2.05) is 0 Å². The maximum atomic E-state index is 3.91. The first-order chi connectivity index (χ1) is 5.74. The van der Waals surface area contributed by atoms with E-state index in [2.05, 4.69) is 25.9 Å². The van der Waals surface area contributed by atoms with E-state index in [1.54, 1.807) is 0 Å². The molecule has 1 aliphatic carbocycles. The highest BCUT2D eigenvalue weighted by Gasteiger charge is 2.34. The molecule has 0 amide bonds. The van der Waals surface area contributed by atoms with Gasteiger partial charge in [0.1, 0.15) is 0 Å². The van der Waals surface area contributed by atoms with Crippen LogP contribution >= 0.6 is 0 Å². The van der Waals surface area contributed by atoms with Gasteiger partial charge in [-0.1, -0.05) is 12.0 Å². The molecule has 0 aliphatic heterocycles. The molecule has 0 bridgehead atoms. The Morgan fingerprint density at radius 3 is 2.75 bits per heavy atom. The lowest BCUT2D eigenvalue weighted by Gasteiger charge is -2.00. The molecule has 0 aromatic heterocycles. The third-order valence-electron chi connectivity index (χ3n) is 2.72. The van der Waals surface area contributed by atoms with E-state index in [9.17, 15) is 0 Å². The molecule has 2 unspecified atom stereocenters. The first kappa shape index (κ1) is 9.79. The number of allylic oxidation sites excluding steroid dienone is 1. The maximum absolute atomic E-state index is 3.91. The zero-order chi connectivity index (χ0) is 8.97. The van der Waals surface area contributed by atoms with Gasteiger partial charge < -0.3 is 5.32 Å². The summed E-state index contributed by atoms with van der Waals surface area (Å²) in [5.74, 6) is 0.986. The molecule has 1 aliphatic rings. The highest BCUT2D eigenvalue weighted by atomic mass is 14.9. The third kappa shape index (κ3) is 3.40. The van der Waals surface area contributed by atoms with Crippen molar-refractivity contribution in [3.8, 4) is 0 Å². The van der Waals surface area contributed by atoms with Crippen LogP contribution in [0.5, 0.6) is 0 Å². The molecule has 1 rings (SSSR count). The molecule has 70 valence electrons. The highest BCUT2D eigenvalue weighted by Crippen LogP contribution is 2.34. The Kier molecular flexibility index (Phi) is 3.80. The average Bonchev–Trinajstić information content (AvgIpc) is 2.76. The molecule has 1 fully saturated rings. The van der Waals surface area contributed by atoms with Crippen molar-refractivity contribution in [1.82, 2.24) is 5.32 Å². The van der Waals surface area contributed by atoms with E-state index in [0.29, 0.717) is 0 Å². The minimum absolute atomic E-state index is 0.842. The van der Waals surface area contributed by atoms with Gasteiger partial charge in [-0.2, -0.15) is 0 Å². The number of hydrogen-bond donors (Lipinski definition) is 1. The van der Waals surface area contributed by atoms with Gasteiger partial charge in [0.05, 0.1) is 0 Å². The number of nitrogens with one attached hydrogen (secondary N) is 1. The molecule has 2 atom stereocenters. The Morgan fingerprint density at radius 1 is 1.50 bits per heavy atom. The van der Waals surface area contributed by atoms with Gasteiger partial charge in [-0.3, -0.25) is 0 Å². The Labute approximate surface area is 76.2 Å². The fourth-order valence-corrected chi connectivity index (χ4v) is 1.75. The van der Waals surface area contributed by atoms with Crippen LogP contribution in [0, 0.1) is 5.92 Å². The standard InChI is InChI=1S/C11H21N/c1-9(2)6-4-5-7-10-8-11(10)12-3/h10-12H,1,4-8H2,2-3H3. The minimum atomic E-state index is 0.842. The lowest BCUT2D eigenvalue weighted by molar-refractivity contribution is 0.593. The summed E-state index contributed by atoms with van der Waals surface area (Å²) in [7, 11) is 2.07. The van der Waals surface area contributed by atoms with E-state index >= 15 is 0 Å². The minimum Gasteiger partial charge on any atom is -0.317 e. The second-order valence-electron chi connectivity index (χ2n) is 4.09. The fourth-order valence-electron chi connectivity index (χ4n) is 1.75. The molecule has 1 nitrogen and oxygen atoms in total. The van der Waals surface area contributed by atoms with Gasteiger partial charge in [-0.05, 0) is 45.6 Å². The Balaban J connectivity index is 1.87. The van der Waals surface area contributed by atoms with Crippen molar-refractivity contribution in [2.24, 2.45) is 5.92 Å². The van der Waals surface area contributed by atoms with Crippen LogP contribution in [0.2, 0.25) is 0 Å². The Hall–Kier alpha value is -0.300. The Morgan fingerprint density at radius 2 is 2.25 bits per heavy atom. The van der Waals surface area contributed by atoms with Crippen LogP contribution in [0.4, 0.5) is 0 Å². The summed E-state index contributed by atoms with van der Waals surface area (Å²) in [6, 6.07) is 0.842. The van der Waals surface area contributed by atoms with Crippen molar-refractivity contribution in [2.75, 3.05) is 7.05 Å². The van der Waals surface area contributed by atoms with Gasteiger partial charge in [0.15, 0.2) is 0 Å². The van der Waals surface area contributed by atoms with Crippen molar-refractivity contribution >= 4 is 0 Å². The molecule has 1 saturated carbocycles. The summed E-state index contributed by atoms with van der Waals surface area (Å²) in [5, 5.41) is 3.32. The van der Waals surface area contributed by atoms with Crippen LogP contribution in [0.1, 0.15) is 39.0 Å². The van der Waals surface area contributed by atoms with Gasteiger partial charge in [0, 0.05) is 6.04 Å². The fraction of sp³-hybridized carbons (Fsp3) is 0.818. The average molecular weight is 167 g/mol. The van der Waals surface area contributed by atoms with E-state index in [4.69, 9.17) is 0 Å². The van der Waals surface area contributed by atoms with Crippen LogP contribution in [0.3, 0.4) is 0 Å². The normalized spacial score (nSPS) is 27.2. The zero-order valence-corrected chi connectivity index (χ0v) is 8.40. The van der Waals surface area contributed by atoms with E-state index < -0.39 is 0 Å². The lowest BCUT2D eigenvalue weighted by Crippen LogP contribution is -2.10. The van der Waals surface area contributed by atoms with Crippen molar-refractivity contribution in [3.05, 3.63) is 12.2 Å². The summed E-state index contributed by atoms with van der Waals surface area (Å²) >= 11 is 0. The summed E-state index contributed by atoms with van der Waals surface area (Å²) < 4.78 is 0. The van der Waals surface area contributed by atoms with Gasteiger partial charge in [-0.15, -0.1) is 6.58 Å². The molecular formula is C11H21N. The maximum Gasteiger partial charge on any atom is 0.00961 e. The molecule has 1 N–H and O–H groups in total. The van der Waals surface area contributed by atoms with E-state index in [-0.39, 0.29) is 0 Å². The smallest absolute Gasteiger partial charge is 0.00961 e. The number of hydrogen-bond acceptors (Lipinski definition) is 1. The molecule has 0 aromatic carbocycles. The molecular weight excluding hydrogens is 146 g/mol. The zero-order valence-electron chi connectivity index (χ0n) is 8.40. The summed E-state index contributed by atoms with van der Waals surface area (Å²) in [6.07, 6.45) is 6.76. The van der Waals surface area contributed by atoms with E-state index in [1.165, 1.54) is 37.7 Å². The molecule has 0 heterocycles. The summed E-state index contributed by atoms with van der Waals surface area (Å²) in [5.41, 5.74) is 1.33. The predicted octanol–water partition coefficient (Wildman–Crippen LogP) is 2.73. The summed E-state index contributed by atoms with van der Waals surface area (Å²) in [6.45, 7) is 6.02. The molecule has 0 spiro atoms. The summed E-state index contributed by atoms with van der Waals surface area (Å²) in [4.78, 5) is 0. The monoisotopic (exact) mass is 167 g/mol. The van der Waals surface area contributed by atoms with Crippen LogP contribution < -0.4 is 5.32 Å². The van der Waals surface area contributed by atoms with Crippen molar-refractivity contribution in [1.29, 1.82) is 0 Å². The number of rotatable bonds is 6. The second-order valence-corrected chi connectivity index (χ2v) is 4.09. The molecule has 1 heteroatoms. The molecule has 0 aromatic rings. The highest BCUT2D eigenvalue weighted by molar-refractivity contribution is 4.92. The van der Waals surface area contributed by atoms with Gasteiger partial charge in [-0.25, -0.2) is 0 Å². The van der Waals surface area contributed by atoms with Crippen molar-refractivity contribution in [2.45, 2.75) is 45.1 Å². The third-order valence-corrected chi connectivity index (χ3v) is 2.72. The molecule has 0 saturated heterocycles. The van der Waals surface area contributed by atoms with Crippen LogP contribution in [-0.4, -0.2) is 13.1 Å². The van der Waals surface area contributed by atoms with Crippen molar-refractivity contribution in [3.63, 3.8) is 0 Å². The lowest BCUT2D eigenvalue weighted by atomic mass is 10.1. The predicted molar refractivity (Wildman–Crippen MR) is 54.2 cm³/mol. The van der Waals surface area contributed by atoms with Gasteiger partial charge in [0.2, 0.25) is 0 Å². The Bertz CT molecular complexity index is 151. The van der Waals surface area contributed by atoms with Gasteiger partial charge >= 0.3 is 0 Å². The molecule has 0 radical (unpaired) electrons. The van der Waals surface area contributed by atoms with E-state index in [0.717, 1.165) is 12.0 Å². The van der Waals surface area contributed by atoms with Crippen LogP contribution in [0.15, 0.2) is 12.2 Å². The quantitative estimate of drug-likeness (QED) is 0.474. The SMILES string of the molecule is C=C(C)CCCCC1CC1NC. The van der Waals surface area contributed by atoms with Gasteiger partial charge in [0.25, 0.3) is 0 Å².